The number of ether oxygens (including phenoxy) is 2. The molecule has 1 aromatic carbocycles. The molecule has 0 unspecified atom stereocenters. The van der Waals surface area contributed by atoms with Gasteiger partial charge in [0.25, 0.3) is 5.91 Å². The Hall–Kier alpha value is -2.24. The van der Waals surface area contributed by atoms with E-state index in [1.807, 2.05) is 18.7 Å². The molecule has 1 heterocycles. The van der Waals surface area contributed by atoms with Crippen LogP contribution in [0.1, 0.15) is 37.0 Å². The summed E-state index contributed by atoms with van der Waals surface area (Å²) in [7, 11) is 3.13. The van der Waals surface area contributed by atoms with Crippen molar-refractivity contribution >= 4 is 11.8 Å². The minimum Gasteiger partial charge on any atom is -0.493 e. The predicted octanol–water partition coefficient (Wildman–Crippen LogP) is 2.33. The average molecular weight is 348 g/mol. The highest BCUT2D eigenvalue weighted by atomic mass is 16.5. The number of hydrogen-bond donors (Lipinski definition) is 1. The van der Waals surface area contributed by atoms with Crippen LogP contribution in [-0.4, -0.2) is 50.6 Å². The van der Waals surface area contributed by atoms with Crippen molar-refractivity contribution in [1.29, 1.82) is 0 Å². The maximum atomic E-state index is 12.8. The molecule has 0 saturated carbocycles. The molecule has 1 aromatic rings. The highest BCUT2D eigenvalue weighted by Gasteiger charge is 2.25. The van der Waals surface area contributed by atoms with E-state index in [1.165, 1.54) is 0 Å². The van der Waals surface area contributed by atoms with E-state index >= 15 is 0 Å². The van der Waals surface area contributed by atoms with Gasteiger partial charge in [-0.2, -0.15) is 0 Å². The summed E-state index contributed by atoms with van der Waals surface area (Å²) in [6, 6.07) is 5.22. The molecule has 138 valence electrons. The van der Waals surface area contributed by atoms with Gasteiger partial charge in [0.2, 0.25) is 5.91 Å². The Morgan fingerprint density at radius 2 is 1.96 bits per heavy atom. The average Bonchev–Trinajstić information content (AvgIpc) is 2.64. The summed E-state index contributed by atoms with van der Waals surface area (Å²) >= 11 is 0. The molecule has 1 aliphatic heterocycles. The fourth-order valence-electron chi connectivity index (χ4n) is 3.02. The van der Waals surface area contributed by atoms with Crippen molar-refractivity contribution < 1.29 is 19.1 Å². The summed E-state index contributed by atoms with van der Waals surface area (Å²) in [4.78, 5) is 26.4. The lowest BCUT2D eigenvalue weighted by Gasteiger charge is -2.33. The number of piperidine rings is 1. The van der Waals surface area contributed by atoms with Gasteiger partial charge in [-0.3, -0.25) is 9.59 Å². The maximum absolute atomic E-state index is 12.8. The monoisotopic (exact) mass is 348 g/mol. The van der Waals surface area contributed by atoms with Crippen molar-refractivity contribution in [1.82, 2.24) is 10.2 Å². The van der Waals surface area contributed by atoms with Crippen molar-refractivity contribution in [2.75, 3.05) is 33.9 Å². The van der Waals surface area contributed by atoms with E-state index < -0.39 is 0 Å². The molecule has 1 atom stereocenters. The number of nitrogens with one attached hydrogen (secondary N) is 1. The Labute approximate surface area is 149 Å². The molecular formula is C19H28N2O4. The first-order valence-electron chi connectivity index (χ1n) is 8.75. The van der Waals surface area contributed by atoms with Gasteiger partial charge in [0.15, 0.2) is 11.5 Å². The second kappa shape index (κ2) is 8.74. The van der Waals surface area contributed by atoms with Crippen LogP contribution in [0.4, 0.5) is 0 Å². The Bertz CT molecular complexity index is 615. The van der Waals surface area contributed by atoms with Gasteiger partial charge in [0.1, 0.15) is 0 Å². The smallest absolute Gasteiger partial charge is 0.254 e. The fraction of sp³-hybridized carbons (Fsp3) is 0.579. The normalized spacial score (nSPS) is 17.3. The molecule has 0 aliphatic carbocycles. The number of nitrogens with zero attached hydrogens (tertiary/aromatic N) is 1. The lowest BCUT2D eigenvalue weighted by Crippen LogP contribution is -2.44. The second-order valence-corrected chi connectivity index (χ2v) is 6.73. The van der Waals surface area contributed by atoms with Gasteiger partial charge in [-0.25, -0.2) is 0 Å². The zero-order valence-electron chi connectivity index (χ0n) is 15.5. The molecule has 6 nitrogen and oxygen atoms in total. The van der Waals surface area contributed by atoms with E-state index in [1.54, 1.807) is 32.4 Å². The van der Waals surface area contributed by atoms with E-state index in [9.17, 15) is 9.59 Å². The van der Waals surface area contributed by atoms with Gasteiger partial charge >= 0.3 is 0 Å². The standard InChI is InChI=1S/C19H28N2O4/c1-13(2)18(22)20-11-14-6-5-9-21(12-14)19(23)15-7-8-16(24-3)17(10-15)25-4/h7-8,10,13-14H,5-6,9,11-12H2,1-4H3,(H,20,22)/t14-/m0/s1. The quantitative estimate of drug-likeness (QED) is 0.857. The van der Waals surface area contributed by atoms with Crippen LogP contribution in [0.15, 0.2) is 18.2 Å². The molecule has 1 N–H and O–H groups in total. The van der Waals surface area contributed by atoms with E-state index in [0.717, 1.165) is 19.4 Å². The lowest BCUT2D eigenvalue weighted by molar-refractivity contribution is -0.124. The highest BCUT2D eigenvalue weighted by molar-refractivity contribution is 5.95. The molecule has 2 amide bonds. The Kier molecular flexibility index (Phi) is 6.67. The van der Waals surface area contributed by atoms with Crippen LogP contribution < -0.4 is 14.8 Å². The number of rotatable bonds is 6. The van der Waals surface area contributed by atoms with Gasteiger partial charge in [-0.15, -0.1) is 0 Å². The van der Waals surface area contributed by atoms with Gasteiger partial charge in [0.05, 0.1) is 14.2 Å². The largest absolute Gasteiger partial charge is 0.493 e. The van der Waals surface area contributed by atoms with Crippen molar-refractivity contribution in [3.8, 4) is 11.5 Å². The summed E-state index contributed by atoms with van der Waals surface area (Å²) in [6.45, 7) is 5.77. The third-order valence-electron chi connectivity index (χ3n) is 4.53. The van der Waals surface area contributed by atoms with Crippen molar-refractivity contribution in [3.63, 3.8) is 0 Å². The van der Waals surface area contributed by atoms with Crippen LogP contribution in [0, 0.1) is 11.8 Å². The van der Waals surface area contributed by atoms with E-state index in [2.05, 4.69) is 5.32 Å². The number of hydrogen-bond acceptors (Lipinski definition) is 4. The van der Waals surface area contributed by atoms with Crippen LogP contribution >= 0.6 is 0 Å². The first kappa shape index (κ1) is 19.1. The Morgan fingerprint density at radius 1 is 1.24 bits per heavy atom. The number of carbonyl (C=O) groups is 2. The molecule has 1 fully saturated rings. The highest BCUT2D eigenvalue weighted by Crippen LogP contribution is 2.28. The van der Waals surface area contributed by atoms with Crippen molar-refractivity contribution in [2.24, 2.45) is 11.8 Å². The zero-order chi connectivity index (χ0) is 18.4. The van der Waals surface area contributed by atoms with E-state index in [-0.39, 0.29) is 17.7 Å². The van der Waals surface area contributed by atoms with E-state index in [4.69, 9.17) is 9.47 Å². The number of likely N-dealkylation sites (tertiary alicyclic amines) is 1. The van der Waals surface area contributed by atoms with Crippen LogP contribution in [0.25, 0.3) is 0 Å². The van der Waals surface area contributed by atoms with Crippen LogP contribution in [-0.2, 0) is 4.79 Å². The van der Waals surface area contributed by atoms with Crippen LogP contribution in [0.2, 0.25) is 0 Å². The topological polar surface area (TPSA) is 67.9 Å². The third kappa shape index (κ3) is 4.87. The fourth-order valence-corrected chi connectivity index (χ4v) is 3.02. The predicted molar refractivity (Wildman–Crippen MR) is 96.0 cm³/mol. The van der Waals surface area contributed by atoms with Gasteiger partial charge < -0.3 is 19.7 Å². The summed E-state index contributed by atoms with van der Waals surface area (Å²) < 4.78 is 10.5. The summed E-state index contributed by atoms with van der Waals surface area (Å²) in [5.74, 6) is 1.47. The number of amides is 2. The minimum atomic E-state index is -0.0203. The third-order valence-corrected chi connectivity index (χ3v) is 4.53. The maximum Gasteiger partial charge on any atom is 0.254 e. The molecule has 0 aromatic heterocycles. The number of benzene rings is 1. The molecule has 1 saturated heterocycles. The summed E-state index contributed by atoms with van der Waals surface area (Å²) in [5.41, 5.74) is 0.588. The first-order valence-corrected chi connectivity index (χ1v) is 8.75. The molecule has 6 heteroatoms. The summed E-state index contributed by atoms with van der Waals surface area (Å²) in [6.07, 6.45) is 1.97. The second-order valence-electron chi connectivity index (χ2n) is 6.73. The van der Waals surface area contributed by atoms with Crippen LogP contribution in [0.3, 0.4) is 0 Å². The molecular weight excluding hydrogens is 320 g/mol. The van der Waals surface area contributed by atoms with Crippen LogP contribution in [0.5, 0.6) is 11.5 Å². The van der Waals surface area contributed by atoms with Gasteiger partial charge in [-0.1, -0.05) is 13.8 Å². The Balaban J connectivity index is 2.00. The number of methoxy groups -OCH3 is 2. The molecule has 0 radical (unpaired) electrons. The summed E-state index contributed by atoms with van der Waals surface area (Å²) in [5, 5.41) is 2.97. The molecule has 0 bridgehead atoms. The zero-order valence-corrected chi connectivity index (χ0v) is 15.5. The lowest BCUT2D eigenvalue weighted by atomic mass is 9.97. The molecule has 2 rings (SSSR count). The first-order chi connectivity index (χ1) is 12.0. The molecule has 1 aliphatic rings. The number of carbonyl (C=O) groups excluding carboxylic acids is 2. The van der Waals surface area contributed by atoms with E-state index in [0.29, 0.717) is 36.1 Å². The Morgan fingerprint density at radius 3 is 2.60 bits per heavy atom. The minimum absolute atomic E-state index is 0.0131. The van der Waals surface area contributed by atoms with Gasteiger partial charge in [0, 0.05) is 31.1 Å². The van der Waals surface area contributed by atoms with Gasteiger partial charge in [-0.05, 0) is 37.0 Å². The van der Waals surface area contributed by atoms with Crippen molar-refractivity contribution in [3.05, 3.63) is 23.8 Å². The van der Waals surface area contributed by atoms with Crippen molar-refractivity contribution in [2.45, 2.75) is 26.7 Å². The molecule has 25 heavy (non-hydrogen) atoms. The SMILES string of the molecule is COc1ccc(C(=O)N2CCC[C@@H](CNC(=O)C(C)C)C2)cc1OC. The molecule has 0 spiro atoms.